The monoisotopic (exact) mass is 164 g/mol. The van der Waals surface area contributed by atoms with Gasteiger partial charge in [0.15, 0.2) is 0 Å². The van der Waals surface area contributed by atoms with E-state index in [9.17, 15) is 0 Å². The van der Waals surface area contributed by atoms with Crippen LogP contribution in [0.25, 0.3) is 0 Å². The van der Waals surface area contributed by atoms with Crippen molar-refractivity contribution in [3.8, 4) is 0 Å². The first-order valence-corrected chi connectivity index (χ1v) is 4.16. The van der Waals surface area contributed by atoms with E-state index in [-0.39, 0.29) is 0 Å². The molecule has 0 amide bonds. The Morgan fingerprint density at radius 3 is 1.17 bits per heavy atom. The summed E-state index contributed by atoms with van der Waals surface area (Å²) in [4.78, 5) is 8.01. The van der Waals surface area contributed by atoms with Crippen LogP contribution in [0.15, 0.2) is 34.3 Å². The van der Waals surface area contributed by atoms with Gasteiger partial charge in [-0.3, -0.25) is 9.98 Å². The minimum Gasteiger partial charge on any atom is -0.289 e. The molecule has 0 saturated heterocycles. The predicted molar refractivity (Wildman–Crippen MR) is 56.3 cm³/mol. The van der Waals surface area contributed by atoms with Gasteiger partial charge in [0.2, 0.25) is 0 Å². The zero-order valence-electron chi connectivity index (χ0n) is 8.20. The van der Waals surface area contributed by atoms with Crippen molar-refractivity contribution in [2.75, 3.05) is 14.1 Å². The molecule has 0 N–H and O–H groups in total. The fourth-order valence-electron chi connectivity index (χ4n) is 0.751. The number of aliphatic imine (C=N–C) groups is 2. The molecule has 0 aromatic carbocycles. The third kappa shape index (κ3) is 3.28. The van der Waals surface area contributed by atoms with Crippen LogP contribution in [0, 0.1) is 0 Å². The fourth-order valence-corrected chi connectivity index (χ4v) is 0.751. The molecule has 1 aliphatic rings. The molecule has 0 aromatic rings. The smallest absolute Gasteiger partial charge is 0.0572 e. The minimum atomic E-state index is 0.993. The lowest BCUT2D eigenvalue weighted by Crippen LogP contribution is -1.98. The Labute approximate surface area is 74.4 Å². The van der Waals surface area contributed by atoms with E-state index in [1.54, 1.807) is 14.1 Å². The molecule has 12 heavy (non-hydrogen) atoms. The van der Waals surface area contributed by atoms with Crippen LogP contribution in [0.4, 0.5) is 0 Å². The zero-order chi connectivity index (χ0) is 9.40. The largest absolute Gasteiger partial charge is 0.289 e. The van der Waals surface area contributed by atoms with Crippen molar-refractivity contribution in [2.45, 2.75) is 13.8 Å². The maximum atomic E-state index is 4.00. The first kappa shape index (κ1) is 10.8. The second-order valence-electron chi connectivity index (χ2n) is 1.96. The van der Waals surface area contributed by atoms with Crippen LogP contribution in [-0.4, -0.2) is 25.5 Å². The maximum Gasteiger partial charge on any atom is 0.0572 e. The van der Waals surface area contributed by atoms with Gasteiger partial charge >= 0.3 is 0 Å². The summed E-state index contributed by atoms with van der Waals surface area (Å²) in [5, 5.41) is 0. The third-order valence-corrected chi connectivity index (χ3v) is 1.37. The number of rotatable bonds is 0. The Morgan fingerprint density at radius 1 is 0.750 bits per heavy atom. The average molecular weight is 164 g/mol. The summed E-state index contributed by atoms with van der Waals surface area (Å²) in [5.74, 6) is 0. The number of nitrogens with zero attached hydrogens (tertiary/aromatic N) is 2. The molecule has 2 nitrogen and oxygen atoms in total. The summed E-state index contributed by atoms with van der Waals surface area (Å²) in [6, 6.07) is 0. The van der Waals surface area contributed by atoms with Crippen LogP contribution < -0.4 is 0 Å². The second kappa shape index (κ2) is 6.53. The molecule has 0 spiro atoms. The van der Waals surface area contributed by atoms with Gasteiger partial charge in [0.1, 0.15) is 0 Å². The first-order valence-electron chi connectivity index (χ1n) is 4.16. The summed E-state index contributed by atoms with van der Waals surface area (Å²) in [6.07, 6.45) is 7.79. The van der Waals surface area contributed by atoms with E-state index in [1.807, 2.05) is 38.2 Å². The molecular weight excluding hydrogens is 148 g/mol. The molecule has 1 aliphatic carbocycles. The highest BCUT2D eigenvalue weighted by Crippen LogP contribution is 1.95. The molecule has 1 rings (SSSR count). The van der Waals surface area contributed by atoms with Crippen LogP contribution in [0.5, 0.6) is 0 Å². The van der Waals surface area contributed by atoms with Gasteiger partial charge in [-0.25, -0.2) is 0 Å². The minimum absolute atomic E-state index is 0.993. The van der Waals surface area contributed by atoms with Gasteiger partial charge in [-0.1, -0.05) is 13.8 Å². The van der Waals surface area contributed by atoms with Crippen LogP contribution in [0.2, 0.25) is 0 Å². The van der Waals surface area contributed by atoms with Crippen LogP contribution >= 0.6 is 0 Å². The average Bonchev–Trinajstić information content (AvgIpc) is 2.21. The Bertz CT molecular complexity index is 190. The van der Waals surface area contributed by atoms with E-state index in [1.165, 1.54) is 0 Å². The van der Waals surface area contributed by atoms with Crippen LogP contribution in [0.1, 0.15) is 13.8 Å². The predicted octanol–water partition coefficient (Wildman–Crippen LogP) is 2.28. The lowest BCUT2D eigenvalue weighted by molar-refractivity contribution is 1.43. The lowest BCUT2D eigenvalue weighted by atomic mass is 10.1. The molecule has 0 fully saturated rings. The normalized spacial score (nSPS) is 13.7. The fraction of sp³-hybridized carbons (Fsp3) is 0.400. The maximum absolute atomic E-state index is 4.00. The Balaban J connectivity index is 0.000000561. The number of allylic oxidation sites excluding steroid dienone is 4. The lowest BCUT2D eigenvalue weighted by Gasteiger charge is -1.98. The Kier molecular flexibility index (Phi) is 5.88. The Hall–Kier alpha value is -1.18. The standard InChI is InChI=1S/C8H10N2.C2H6/c1-9-7-3-5-8(10-2)6-4-7;1-2/h3-6H,1-2H3;1-2H3. The van der Waals surface area contributed by atoms with Gasteiger partial charge in [0.05, 0.1) is 11.4 Å². The van der Waals surface area contributed by atoms with E-state index < -0.39 is 0 Å². The van der Waals surface area contributed by atoms with E-state index in [2.05, 4.69) is 9.98 Å². The van der Waals surface area contributed by atoms with Gasteiger partial charge in [0.25, 0.3) is 0 Å². The third-order valence-electron chi connectivity index (χ3n) is 1.37. The van der Waals surface area contributed by atoms with E-state index >= 15 is 0 Å². The summed E-state index contributed by atoms with van der Waals surface area (Å²) < 4.78 is 0. The Morgan fingerprint density at radius 2 is 1.00 bits per heavy atom. The topological polar surface area (TPSA) is 24.7 Å². The molecule has 0 aromatic heterocycles. The molecular formula is C10H16N2. The highest BCUT2D eigenvalue weighted by atomic mass is 14.7. The molecule has 0 saturated carbocycles. The van der Waals surface area contributed by atoms with Gasteiger partial charge < -0.3 is 0 Å². The molecule has 0 radical (unpaired) electrons. The van der Waals surface area contributed by atoms with Gasteiger partial charge in [-0.15, -0.1) is 0 Å². The van der Waals surface area contributed by atoms with Gasteiger partial charge in [-0.2, -0.15) is 0 Å². The van der Waals surface area contributed by atoms with Crippen molar-refractivity contribution in [3.63, 3.8) is 0 Å². The summed E-state index contributed by atoms with van der Waals surface area (Å²) in [5.41, 5.74) is 1.99. The summed E-state index contributed by atoms with van der Waals surface area (Å²) >= 11 is 0. The van der Waals surface area contributed by atoms with Crippen LogP contribution in [-0.2, 0) is 0 Å². The molecule has 0 unspecified atom stereocenters. The number of hydrogen-bond acceptors (Lipinski definition) is 2. The SMILES string of the molecule is CC.CN=C1C=CC(=NC)C=C1. The second-order valence-corrected chi connectivity index (χ2v) is 1.96. The highest BCUT2D eigenvalue weighted by Gasteiger charge is 1.94. The number of hydrogen-bond donors (Lipinski definition) is 0. The van der Waals surface area contributed by atoms with Crippen molar-refractivity contribution >= 4 is 11.4 Å². The molecule has 0 heterocycles. The van der Waals surface area contributed by atoms with E-state index in [0.717, 1.165) is 11.4 Å². The first-order chi connectivity index (χ1) is 5.86. The van der Waals surface area contributed by atoms with E-state index in [4.69, 9.17) is 0 Å². The quantitative estimate of drug-likeness (QED) is 0.491. The molecule has 0 aliphatic heterocycles. The molecule has 66 valence electrons. The van der Waals surface area contributed by atoms with Gasteiger partial charge in [-0.05, 0) is 24.3 Å². The summed E-state index contributed by atoms with van der Waals surface area (Å²) in [7, 11) is 3.55. The molecule has 0 atom stereocenters. The van der Waals surface area contributed by atoms with Crippen molar-refractivity contribution in [2.24, 2.45) is 9.98 Å². The zero-order valence-corrected chi connectivity index (χ0v) is 8.20. The molecule has 0 bridgehead atoms. The van der Waals surface area contributed by atoms with Crippen molar-refractivity contribution in [1.29, 1.82) is 0 Å². The van der Waals surface area contributed by atoms with Crippen molar-refractivity contribution < 1.29 is 0 Å². The van der Waals surface area contributed by atoms with Crippen molar-refractivity contribution in [3.05, 3.63) is 24.3 Å². The van der Waals surface area contributed by atoms with Crippen molar-refractivity contribution in [1.82, 2.24) is 0 Å². The molecule has 2 heteroatoms. The van der Waals surface area contributed by atoms with E-state index in [0.29, 0.717) is 0 Å². The summed E-state index contributed by atoms with van der Waals surface area (Å²) in [6.45, 7) is 4.00. The van der Waals surface area contributed by atoms with Gasteiger partial charge in [0, 0.05) is 14.1 Å². The highest BCUT2D eigenvalue weighted by molar-refractivity contribution is 6.18. The van der Waals surface area contributed by atoms with Crippen LogP contribution in [0.3, 0.4) is 0 Å².